The second-order valence-corrected chi connectivity index (χ2v) is 7.48. The lowest BCUT2D eigenvalue weighted by atomic mass is 10.1. The van der Waals surface area contributed by atoms with Crippen LogP contribution in [0.2, 0.25) is 0 Å². The summed E-state index contributed by atoms with van der Waals surface area (Å²) in [5.41, 5.74) is 0.752. The average Bonchev–Trinajstić information content (AvgIpc) is 2.95. The van der Waals surface area contributed by atoms with Crippen molar-refractivity contribution >= 4 is 5.91 Å². The van der Waals surface area contributed by atoms with Crippen LogP contribution in [0.1, 0.15) is 44.5 Å². The number of benzene rings is 2. The van der Waals surface area contributed by atoms with Gasteiger partial charge in [-0.05, 0) is 50.1 Å². The zero-order valence-corrected chi connectivity index (χ0v) is 17.7. The van der Waals surface area contributed by atoms with Crippen LogP contribution in [0.5, 0.6) is 17.2 Å². The van der Waals surface area contributed by atoms with Crippen LogP contribution in [0.25, 0.3) is 0 Å². The molecule has 0 radical (unpaired) electrons. The van der Waals surface area contributed by atoms with Crippen LogP contribution in [0, 0.1) is 0 Å². The molecule has 2 aromatic carbocycles. The van der Waals surface area contributed by atoms with E-state index in [4.69, 9.17) is 18.9 Å². The highest BCUT2D eigenvalue weighted by atomic mass is 16.6. The SMILES string of the molecule is CCCOc1ccc(CN2C(=O)C(C)(C)OC2c2c(OC)cccc2OC)cc1. The molecule has 0 spiro atoms. The first-order valence-corrected chi connectivity index (χ1v) is 9.82. The Balaban J connectivity index is 1.93. The summed E-state index contributed by atoms with van der Waals surface area (Å²) in [6, 6.07) is 13.3. The average molecular weight is 399 g/mol. The summed E-state index contributed by atoms with van der Waals surface area (Å²) in [4.78, 5) is 14.8. The van der Waals surface area contributed by atoms with E-state index < -0.39 is 11.8 Å². The number of rotatable bonds is 8. The number of carbonyl (C=O) groups excluding carboxylic acids is 1. The molecule has 1 aliphatic rings. The Labute approximate surface area is 172 Å². The molecule has 1 unspecified atom stereocenters. The molecule has 6 heteroatoms. The Morgan fingerprint density at radius 2 is 1.66 bits per heavy atom. The van der Waals surface area contributed by atoms with Gasteiger partial charge < -0.3 is 23.8 Å². The van der Waals surface area contributed by atoms with Crippen molar-refractivity contribution in [3.05, 3.63) is 53.6 Å². The van der Waals surface area contributed by atoms with Gasteiger partial charge in [-0.25, -0.2) is 0 Å². The van der Waals surface area contributed by atoms with Gasteiger partial charge in [0.05, 0.1) is 26.4 Å². The van der Waals surface area contributed by atoms with E-state index in [2.05, 4.69) is 6.92 Å². The van der Waals surface area contributed by atoms with E-state index in [1.54, 1.807) is 33.0 Å². The molecule has 0 bridgehead atoms. The van der Waals surface area contributed by atoms with Crippen LogP contribution in [0.4, 0.5) is 0 Å². The van der Waals surface area contributed by atoms with E-state index in [0.717, 1.165) is 17.7 Å². The molecule has 0 aliphatic carbocycles. The first kappa shape index (κ1) is 21.0. The van der Waals surface area contributed by atoms with Crippen LogP contribution >= 0.6 is 0 Å². The van der Waals surface area contributed by atoms with E-state index in [0.29, 0.717) is 30.2 Å². The van der Waals surface area contributed by atoms with Crippen molar-refractivity contribution in [2.24, 2.45) is 0 Å². The zero-order valence-electron chi connectivity index (χ0n) is 17.7. The number of hydrogen-bond acceptors (Lipinski definition) is 5. The largest absolute Gasteiger partial charge is 0.496 e. The van der Waals surface area contributed by atoms with Crippen molar-refractivity contribution in [1.29, 1.82) is 0 Å². The number of methoxy groups -OCH3 is 2. The second-order valence-electron chi connectivity index (χ2n) is 7.48. The predicted molar refractivity (Wildman–Crippen MR) is 110 cm³/mol. The summed E-state index contributed by atoms with van der Waals surface area (Å²) in [5, 5.41) is 0. The standard InChI is InChI=1S/C23H29NO5/c1-6-14-28-17-12-10-16(11-13-17)15-24-21(29-23(2,3)22(24)25)20-18(26-4)8-7-9-19(20)27-5/h7-13,21H,6,14-15H2,1-5H3. The third kappa shape index (κ3) is 4.32. The number of nitrogens with zero attached hydrogens (tertiary/aromatic N) is 1. The molecule has 156 valence electrons. The summed E-state index contributed by atoms with van der Waals surface area (Å²) in [6.07, 6.45) is 0.346. The maximum absolute atomic E-state index is 13.1. The van der Waals surface area contributed by atoms with E-state index >= 15 is 0 Å². The fraction of sp³-hybridized carbons (Fsp3) is 0.435. The molecule has 0 aromatic heterocycles. The minimum Gasteiger partial charge on any atom is -0.496 e. The Morgan fingerprint density at radius 3 is 2.21 bits per heavy atom. The highest BCUT2D eigenvalue weighted by Gasteiger charge is 2.48. The minimum absolute atomic E-state index is 0.0817. The molecule has 6 nitrogen and oxygen atoms in total. The van der Waals surface area contributed by atoms with Crippen LogP contribution in [0.3, 0.4) is 0 Å². The first-order chi connectivity index (χ1) is 13.9. The first-order valence-electron chi connectivity index (χ1n) is 9.82. The summed E-state index contributed by atoms with van der Waals surface area (Å²) < 4.78 is 22.9. The zero-order chi connectivity index (χ0) is 21.0. The number of amides is 1. The normalized spacial score (nSPS) is 18.0. The summed E-state index contributed by atoms with van der Waals surface area (Å²) >= 11 is 0. The molecule has 29 heavy (non-hydrogen) atoms. The molecule has 1 heterocycles. The quantitative estimate of drug-likeness (QED) is 0.661. The molecule has 0 N–H and O–H groups in total. The Morgan fingerprint density at radius 1 is 1.03 bits per heavy atom. The third-order valence-corrected chi connectivity index (χ3v) is 4.93. The minimum atomic E-state index is -0.944. The van der Waals surface area contributed by atoms with Gasteiger partial charge in [0, 0.05) is 6.54 Å². The van der Waals surface area contributed by atoms with Crippen LogP contribution in [-0.4, -0.2) is 37.2 Å². The van der Waals surface area contributed by atoms with Gasteiger partial charge in [0.15, 0.2) is 6.23 Å². The highest BCUT2D eigenvalue weighted by Crippen LogP contribution is 2.45. The Bertz CT molecular complexity index is 825. The van der Waals surface area contributed by atoms with Gasteiger partial charge in [-0.15, -0.1) is 0 Å². The molecule has 1 amide bonds. The summed E-state index contributed by atoms with van der Waals surface area (Å²) in [7, 11) is 3.19. The summed E-state index contributed by atoms with van der Waals surface area (Å²) in [5.74, 6) is 1.98. The van der Waals surface area contributed by atoms with Crippen molar-refractivity contribution in [3.8, 4) is 17.2 Å². The lowest BCUT2D eigenvalue weighted by Crippen LogP contribution is -2.35. The van der Waals surface area contributed by atoms with E-state index in [1.165, 1.54) is 0 Å². The maximum Gasteiger partial charge on any atom is 0.256 e. The van der Waals surface area contributed by atoms with Gasteiger partial charge in [-0.1, -0.05) is 25.1 Å². The van der Waals surface area contributed by atoms with Gasteiger partial charge in [-0.2, -0.15) is 0 Å². The Kier molecular flexibility index (Phi) is 6.33. The van der Waals surface area contributed by atoms with Crippen molar-refractivity contribution in [2.75, 3.05) is 20.8 Å². The van der Waals surface area contributed by atoms with E-state index in [-0.39, 0.29) is 5.91 Å². The molecule has 1 atom stereocenters. The van der Waals surface area contributed by atoms with Gasteiger partial charge >= 0.3 is 0 Å². The second kappa shape index (κ2) is 8.74. The monoisotopic (exact) mass is 399 g/mol. The molecular formula is C23H29NO5. The molecule has 0 saturated carbocycles. The molecular weight excluding hydrogens is 370 g/mol. The third-order valence-electron chi connectivity index (χ3n) is 4.93. The van der Waals surface area contributed by atoms with Crippen molar-refractivity contribution in [2.45, 2.75) is 45.6 Å². The maximum atomic E-state index is 13.1. The molecule has 1 fully saturated rings. The molecule has 3 rings (SSSR count). The van der Waals surface area contributed by atoms with Crippen molar-refractivity contribution in [3.63, 3.8) is 0 Å². The fourth-order valence-corrected chi connectivity index (χ4v) is 3.45. The van der Waals surface area contributed by atoms with E-state index in [1.807, 2.05) is 42.5 Å². The fourth-order valence-electron chi connectivity index (χ4n) is 3.45. The highest BCUT2D eigenvalue weighted by molar-refractivity contribution is 5.86. The molecule has 2 aromatic rings. The molecule has 1 saturated heterocycles. The number of ether oxygens (including phenoxy) is 4. The number of hydrogen-bond donors (Lipinski definition) is 0. The lowest BCUT2D eigenvalue weighted by molar-refractivity contribution is -0.134. The molecule has 1 aliphatic heterocycles. The van der Waals surface area contributed by atoms with Crippen LogP contribution in [-0.2, 0) is 16.1 Å². The van der Waals surface area contributed by atoms with Gasteiger partial charge in [0.25, 0.3) is 5.91 Å². The van der Waals surface area contributed by atoms with E-state index in [9.17, 15) is 4.79 Å². The van der Waals surface area contributed by atoms with Crippen LogP contribution in [0.15, 0.2) is 42.5 Å². The topological polar surface area (TPSA) is 57.2 Å². The smallest absolute Gasteiger partial charge is 0.256 e. The Hall–Kier alpha value is -2.73. The number of carbonyl (C=O) groups is 1. The summed E-state index contributed by atoms with van der Waals surface area (Å²) in [6.45, 7) is 6.73. The van der Waals surface area contributed by atoms with Crippen molar-refractivity contribution < 1.29 is 23.7 Å². The van der Waals surface area contributed by atoms with Gasteiger partial charge in [0.2, 0.25) is 0 Å². The van der Waals surface area contributed by atoms with Crippen LogP contribution < -0.4 is 14.2 Å². The van der Waals surface area contributed by atoms with Gasteiger partial charge in [0.1, 0.15) is 22.8 Å². The van der Waals surface area contributed by atoms with Gasteiger partial charge in [-0.3, -0.25) is 4.79 Å². The predicted octanol–water partition coefficient (Wildman–Crippen LogP) is 4.33. The lowest BCUT2D eigenvalue weighted by Gasteiger charge is -2.26. The van der Waals surface area contributed by atoms with Crippen molar-refractivity contribution in [1.82, 2.24) is 4.90 Å².